The number of anilines is 1. The summed E-state index contributed by atoms with van der Waals surface area (Å²) < 4.78 is 0. The number of nitrogens with zero attached hydrogens (tertiary/aromatic N) is 3. The Morgan fingerprint density at radius 2 is 2.15 bits per heavy atom. The van der Waals surface area contributed by atoms with Crippen LogP contribution in [-0.4, -0.2) is 38.9 Å². The molecule has 0 fully saturated rings. The van der Waals surface area contributed by atoms with Crippen LogP contribution in [0.3, 0.4) is 0 Å². The van der Waals surface area contributed by atoms with Crippen molar-refractivity contribution in [3.63, 3.8) is 0 Å². The Hall–Kier alpha value is -2.44. The minimum atomic E-state index is -0.225. The van der Waals surface area contributed by atoms with Crippen LogP contribution in [0.4, 0.5) is 5.82 Å². The maximum absolute atomic E-state index is 11.9. The molecular formula is C13H18N6O. The minimum absolute atomic E-state index is 0.225. The standard InChI is InChI=1S/C13H18N6O/c1-2-4-16-12-8-14-7-11(19-12)13(20)17-5-3-10-6-15-9-18-10/h6-9H,2-5H2,1H3,(H,15,18)(H,16,19)(H,17,20). The van der Waals surface area contributed by atoms with E-state index < -0.39 is 0 Å². The van der Waals surface area contributed by atoms with Gasteiger partial charge < -0.3 is 15.6 Å². The van der Waals surface area contributed by atoms with E-state index in [0.717, 1.165) is 18.7 Å². The first kappa shape index (κ1) is 14.0. The fourth-order valence-corrected chi connectivity index (χ4v) is 1.64. The fraction of sp³-hybridized carbons (Fsp3) is 0.385. The second kappa shape index (κ2) is 7.22. The van der Waals surface area contributed by atoms with Crippen LogP contribution in [0.25, 0.3) is 0 Å². The number of carbonyl (C=O) groups is 1. The summed E-state index contributed by atoms with van der Waals surface area (Å²) >= 11 is 0. The van der Waals surface area contributed by atoms with Gasteiger partial charge in [-0.3, -0.25) is 9.78 Å². The van der Waals surface area contributed by atoms with Crippen LogP contribution in [0, 0.1) is 0 Å². The van der Waals surface area contributed by atoms with Gasteiger partial charge in [0.15, 0.2) is 0 Å². The smallest absolute Gasteiger partial charge is 0.271 e. The third kappa shape index (κ3) is 4.04. The average Bonchev–Trinajstić information content (AvgIpc) is 2.98. The van der Waals surface area contributed by atoms with Crippen molar-refractivity contribution in [2.75, 3.05) is 18.4 Å². The molecule has 7 nitrogen and oxygen atoms in total. The van der Waals surface area contributed by atoms with E-state index in [1.807, 2.05) is 0 Å². The van der Waals surface area contributed by atoms with Crippen LogP contribution < -0.4 is 10.6 Å². The van der Waals surface area contributed by atoms with Gasteiger partial charge in [-0.1, -0.05) is 6.92 Å². The summed E-state index contributed by atoms with van der Waals surface area (Å²) in [5.74, 6) is 0.394. The molecule has 3 N–H and O–H groups in total. The lowest BCUT2D eigenvalue weighted by atomic mass is 10.3. The van der Waals surface area contributed by atoms with Crippen LogP contribution >= 0.6 is 0 Å². The number of amides is 1. The lowest BCUT2D eigenvalue weighted by molar-refractivity contribution is 0.0949. The summed E-state index contributed by atoms with van der Waals surface area (Å²) in [4.78, 5) is 27.1. The molecule has 0 atom stereocenters. The fourth-order valence-electron chi connectivity index (χ4n) is 1.64. The lowest BCUT2D eigenvalue weighted by Gasteiger charge is -2.06. The van der Waals surface area contributed by atoms with E-state index >= 15 is 0 Å². The van der Waals surface area contributed by atoms with Crippen LogP contribution in [0.2, 0.25) is 0 Å². The molecule has 0 aliphatic rings. The van der Waals surface area contributed by atoms with Crippen molar-refractivity contribution in [1.82, 2.24) is 25.3 Å². The topological polar surface area (TPSA) is 95.6 Å². The van der Waals surface area contributed by atoms with Crippen molar-refractivity contribution in [1.29, 1.82) is 0 Å². The van der Waals surface area contributed by atoms with Crippen molar-refractivity contribution < 1.29 is 4.79 Å². The Balaban J connectivity index is 1.85. The highest BCUT2D eigenvalue weighted by Gasteiger charge is 2.08. The largest absolute Gasteiger partial charge is 0.369 e. The summed E-state index contributed by atoms with van der Waals surface area (Å²) in [6.45, 7) is 3.39. The number of aromatic nitrogens is 4. The van der Waals surface area contributed by atoms with E-state index in [2.05, 4.69) is 37.5 Å². The number of nitrogens with one attached hydrogen (secondary N) is 3. The lowest BCUT2D eigenvalue weighted by Crippen LogP contribution is -2.27. The molecule has 0 spiro atoms. The zero-order valence-electron chi connectivity index (χ0n) is 11.4. The monoisotopic (exact) mass is 274 g/mol. The SMILES string of the molecule is CCCNc1cncc(C(=O)NCCc2cnc[nH]2)n1. The number of rotatable bonds is 7. The predicted molar refractivity (Wildman–Crippen MR) is 75.4 cm³/mol. The summed E-state index contributed by atoms with van der Waals surface area (Å²) in [6.07, 6.45) is 8.11. The second-order valence-electron chi connectivity index (χ2n) is 4.30. The molecule has 106 valence electrons. The molecule has 0 saturated heterocycles. The van der Waals surface area contributed by atoms with Crippen LogP contribution in [0.1, 0.15) is 29.5 Å². The number of hydrogen-bond donors (Lipinski definition) is 3. The molecule has 2 rings (SSSR count). The van der Waals surface area contributed by atoms with Gasteiger partial charge in [-0.05, 0) is 6.42 Å². The number of hydrogen-bond acceptors (Lipinski definition) is 5. The molecular weight excluding hydrogens is 256 g/mol. The molecule has 0 radical (unpaired) electrons. The summed E-state index contributed by atoms with van der Waals surface area (Å²) in [7, 11) is 0. The average molecular weight is 274 g/mol. The van der Waals surface area contributed by atoms with Crippen molar-refractivity contribution in [2.24, 2.45) is 0 Å². The van der Waals surface area contributed by atoms with E-state index in [4.69, 9.17) is 0 Å². The van der Waals surface area contributed by atoms with Gasteiger partial charge >= 0.3 is 0 Å². The van der Waals surface area contributed by atoms with Gasteiger partial charge in [0, 0.05) is 31.4 Å². The van der Waals surface area contributed by atoms with E-state index in [9.17, 15) is 4.79 Å². The van der Waals surface area contributed by atoms with E-state index in [1.165, 1.54) is 6.20 Å². The molecule has 0 aliphatic carbocycles. The Kier molecular flexibility index (Phi) is 5.05. The van der Waals surface area contributed by atoms with Gasteiger partial charge in [-0.2, -0.15) is 0 Å². The predicted octanol–water partition coefficient (Wildman–Crippen LogP) is 0.994. The Labute approximate surface area is 117 Å². The summed E-state index contributed by atoms with van der Waals surface area (Å²) in [5.41, 5.74) is 1.30. The quantitative estimate of drug-likeness (QED) is 0.700. The van der Waals surface area contributed by atoms with Crippen LogP contribution in [0.5, 0.6) is 0 Å². The van der Waals surface area contributed by atoms with Gasteiger partial charge in [0.25, 0.3) is 5.91 Å². The maximum atomic E-state index is 11.9. The highest BCUT2D eigenvalue weighted by molar-refractivity contribution is 5.92. The van der Waals surface area contributed by atoms with Crippen molar-refractivity contribution in [3.8, 4) is 0 Å². The van der Waals surface area contributed by atoms with Gasteiger partial charge in [0.1, 0.15) is 11.5 Å². The summed E-state index contributed by atoms with van der Waals surface area (Å²) in [6, 6.07) is 0. The zero-order valence-corrected chi connectivity index (χ0v) is 11.4. The third-order valence-corrected chi connectivity index (χ3v) is 2.66. The molecule has 0 unspecified atom stereocenters. The molecule has 0 aromatic carbocycles. The molecule has 7 heteroatoms. The number of imidazole rings is 1. The number of carbonyl (C=O) groups excluding carboxylic acids is 1. The highest BCUT2D eigenvalue weighted by Crippen LogP contribution is 2.02. The number of H-pyrrole nitrogens is 1. The minimum Gasteiger partial charge on any atom is -0.369 e. The molecule has 0 saturated carbocycles. The van der Waals surface area contributed by atoms with Gasteiger partial charge in [0.2, 0.25) is 0 Å². The van der Waals surface area contributed by atoms with Crippen LogP contribution in [-0.2, 0) is 6.42 Å². The van der Waals surface area contributed by atoms with E-state index in [0.29, 0.717) is 24.5 Å². The zero-order chi connectivity index (χ0) is 14.2. The second-order valence-corrected chi connectivity index (χ2v) is 4.30. The Morgan fingerprint density at radius 1 is 1.25 bits per heavy atom. The first-order valence-corrected chi connectivity index (χ1v) is 6.61. The Morgan fingerprint density at radius 3 is 2.90 bits per heavy atom. The van der Waals surface area contributed by atoms with Crippen molar-refractivity contribution in [3.05, 3.63) is 36.3 Å². The molecule has 2 aromatic heterocycles. The molecule has 0 aliphatic heterocycles. The summed E-state index contributed by atoms with van der Waals surface area (Å²) in [5, 5.41) is 5.90. The third-order valence-electron chi connectivity index (χ3n) is 2.66. The number of aromatic amines is 1. The molecule has 20 heavy (non-hydrogen) atoms. The first-order chi connectivity index (χ1) is 9.79. The normalized spacial score (nSPS) is 10.2. The van der Waals surface area contributed by atoms with Crippen molar-refractivity contribution in [2.45, 2.75) is 19.8 Å². The highest BCUT2D eigenvalue weighted by atomic mass is 16.1. The molecule has 2 aromatic rings. The van der Waals surface area contributed by atoms with Crippen molar-refractivity contribution >= 4 is 11.7 Å². The van der Waals surface area contributed by atoms with Gasteiger partial charge in [-0.25, -0.2) is 9.97 Å². The Bertz CT molecular complexity index is 540. The molecule has 2 heterocycles. The van der Waals surface area contributed by atoms with Gasteiger partial charge in [-0.15, -0.1) is 0 Å². The maximum Gasteiger partial charge on any atom is 0.271 e. The van der Waals surface area contributed by atoms with Crippen LogP contribution in [0.15, 0.2) is 24.9 Å². The van der Waals surface area contributed by atoms with Gasteiger partial charge in [0.05, 0.1) is 18.7 Å². The molecule has 0 bridgehead atoms. The first-order valence-electron chi connectivity index (χ1n) is 6.61. The van der Waals surface area contributed by atoms with E-state index in [-0.39, 0.29) is 5.91 Å². The molecule has 1 amide bonds. The van der Waals surface area contributed by atoms with E-state index in [1.54, 1.807) is 18.7 Å².